The maximum atomic E-state index is 12.0. The van der Waals surface area contributed by atoms with Crippen molar-refractivity contribution in [1.29, 1.82) is 0 Å². The van der Waals surface area contributed by atoms with Crippen molar-refractivity contribution in [2.75, 3.05) is 18.0 Å². The van der Waals surface area contributed by atoms with Gasteiger partial charge in [0.15, 0.2) is 0 Å². The maximum absolute atomic E-state index is 12.0. The number of nitrogens with one attached hydrogen (secondary N) is 1. The normalized spacial score (nSPS) is 17.3. The minimum atomic E-state index is -0.223. The highest BCUT2D eigenvalue weighted by Gasteiger charge is 2.24. The van der Waals surface area contributed by atoms with Gasteiger partial charge >= 0.3 is 0 Å². The van der Waals surface area contributed by atoms with Gasteiger partial charge in [-0.3, -0.25) is 14.3 Å². The molecule has 7 nitrogen and oxygen atoms in total. The summed E-state index contributed by atoms with van der Waals surface area (Å²) in [5.41, 5.74) is 8.08. The number of amides is 2. The number of nitrogens with zero attached hydrogens (tertiary/aromatic N) is 3. The highest BCUT2D eigenvalue weighted by Crippen LogP contribution is 2.23. The molecule has 0 unspecified atom stereocenters. The largest absolute Gasteiger partial charge is 0.371 e. The number of carbonyl (C=O) groups excluding carboxylic acids is 2. The van der Waals surface area contributed by atoms with E-state index in [1.807, 2.05) is 24.3 Å². The molecule has 1 aliphatic rings. The summed E-state index contributed by atoms with van der Waals surface area (Å²) >= 11 is 0. The second kappa shape index (κ2) is 7.38. The van der Waals surface area contributed by atoms with Crippen LogP contribution in [0.1, 0.15) is 28.8 Å². The Balaban J connectivity index is 1.57. The quantitative estimate of drug-likeness (QED) is 0.850. The van der Waals surface area contributed by atoms with E-state index < -0.39 is 0 Å². The summed E-state index contributed by atoms with van der Waals surface area (Å²) in [5, 5.41) is 6.87. The van der Waals surface area contributed by atoms with Crippen molar-refractivity contribution >= 4 is 17.5 Å². The van der Waals surface area contributed by atoms with Crippen LogP contribution in [0.15, 0.2) is 36.7 Å². The van der Waals surface area contributed by atoms with Gasteiger partial charge in [-0.05, 0) is 30.5 Å². The smallest absolute Gasteiger partial charge is 0.254 e. The van der Waals surface area contributed by atoms with Crippen molar-refractivity contribution in [3.63, 3.8) is 0 Å². The molecule has 7 heteroatoms. The fourth-order valence-corrected chi connectivity index (χ4v) is 3.09. The summed E-state index contributed by atoms with van der Waals surface area (Å²) in [4.78, 5) is 25.6. The standard InChI is InChI=1S/C18H23N5O2/c1-22-11-15(10-21-22)18(25)20-9-13-4-6-16(7-5-13)23-8-2-3-14(12-23)17(19)24/h4-7,10-11,14H,2-3,8-9,12H2,1H3,(H2,19,24)(H,20,25)/t14-/m1/s1. The fraction of sp³-hybridized carbons (Fsp3) is 0.389. The predicted octanol–water partition coefficient (Wildman–Crippen LogP) is 1.05. The molecule has 2 heterocycles. The zero-order valence-electron chi connectivity index (χ0n) is 14.3. The van der Waals surface area contributed by atoms with Crippen molar-refractivity contribution in [2.24, 2.45) is 18.7 Å². The first-order valence-electron chi connectivity index (χ1n) is 8.43. The molecule has 3 rings (SSSR count). The average Bonchev–Trinajstić information content (AvgIpc) is 3.07. The van der Waals surface area contributed by atoms with Crippen molar-refractivity contribution in [3.05, 3.63) is 47.8 Å². The van der Waals surface area contributed by atoms with E-state index in [0.29, 0.717) is 18.7 Å². The fourth-order valence-electron chi connectivity index (χ4n) is 3.09. The first kappa shape index (κ1) is 17.0. The molecular weight excluding hydrogens is 318 g/mol. The lowest BCUT2D eigenvalue weighted by molar-refractivity contribution is -0.122. The summed E-state index contributed by atoms with van der Waals surface area (Å²) in [7, 11) is 1.78. The lowest BCUT2D eigenvalue weighted by Crippen LogP contribution is -2.41. The van der Waals surface area contributed by atoms with E-state index in [-0.39, 0.29) is 17.7 Å². The number of aromatic nitrogens is 2. The van der Waals surface area contributed by atoms with Crippen LogP contribution in [0.25, 0.3) is 0 Å². The van der Waals surface area contributed by atoms with Crippen molar-refractivity contribution in [1.82, 2.24) is 15.1 Å². The highest BCUT2D eigenvalue weighted by molar-refractivity contribution is 5.93. The van der Waals surface area contributed by atoms with Gasteiger partial charge in [0.25, 0.3) is 5.91 Å². The average molecular weight is 341 g/mol. The van der Waals surface area contributed by atoms with Crippen LogP contribution in [0.5, 0.6) is 0 Å². The van der Waals surface area contributed by atoms with Gasteiger partial charge in [0, 0.05) is 38.6 Å². The molecule has 1 saturated heterocycles. The molecule has 2 aromatic rings. The van der Waals surface area contributed by atoms with Gasteiger partial charge in [-0.25, -0.2) is 0 Å². The van der Waals surface area contributed by atoms with E-state index in [0.717, 1.165) is 30.6 Å². The van der Waals surface area contributed by atoms with Gasteiger partial charge in [-0.1, -0.05) is 12.1 Å². The molecule has 132 valence electrons. The Morgan fingerprint density at radius 3 is 2.72 bits per heavy atom. The Labute approximate surface area is 146 Å². The number of anilines is 1. The molecule has 2 amide bonds. The van der Waals surface area contributed by atoms with E-state index in [2.05, 4.69) is 15.3 Å². The number of hydrogen-bond donors (Lipinski definition) is 2. The third-order valence-corrected chi connectivity index (χ3v) is 4.55. The molecular formula is C18H23N5O2. The number of hydrogen-bond acceptors (Lipinski definition) is 4. The van der Waals surface area contributed by atoms with Gasteiger partial charge in [-0.2, -0.15) is 5.10 Å². The number of rotatable bonds is 5. The monoisotopic (exact) mass is 341 g/mol. The lowest BCUT2D eigenvalue weighted by atomic mass is 9.97. The van der Waals surface area contributed by atoms with Gasteiger partial charge < -0.3 is 16.0 Å². The Morgan fingerprint density at radius 2 is 2.08 bits per heavy atom. The first-order chi connectivity index (χ1) is 12.0. The molecule has 0 saturated carbocycles. The number of aryl methyl sites for hydroxylation is 1. The molecule has 0 radical (unpaired) electrons. The summed E-state index contributed by atoms with van der Waals surface area (Å²) in [6.45, 7) is 2.06. The van der Waals surface area contributed by atoms with Crippen LogP contribution in [0.3, 0.4) is 0 Å². The van der Waals surface area contributed by atoms with E-state index >= 15 is 0 Å². The molecule has 1 aromatic heterocycles. The maximum Gasteiger partial charge on any atom is 0.254 e. The Kier molecular flexibility index (Phi) is 5.02. The number of primary amides is 1. The van der Waals surface area contributed by atoms with Crippen molar-refractivity contribution < 1.29 is 9.59 Å². The zero-order chi connectivity index (χ0) is 17.8. The molecule has 3 N–H and O–H groups in total. The van der Waals surface area contributed by atoms with Crippen LogP contribution in [0.2, 0.25) is 0 Å². The molecule has 0 bridgehead atoms. The van der Waals surface area contributed by atoms with Gasteiger partial charge in [0.05, 0.1) is 17.7 Å². The second-order valence-electron chi connectivity index (χ2n) is 6.44. The Hall–Kier alpha value is -2.83. The SMILES string of the molecule is Cn1cc(C(=O)NCc2ccc(N3CCC[C@@H](C(N)=O)C3)cc2)cn1. The first-order valence-corrected chi connectivity index (χ1v) is 8.43. The Morgan fingerprint density at radius 1 is 1.32 bits per heavy atom. The lowest BCUT2D eigenvalue weighted by Gasteiger charge is -2.33. The number of nitrogens with two attached hydrogens (primary N) is 1. The number of carbonyl (C=O) groups is 2. The van der Waals surface area contributed by atoms with Crippen LogP contribution in [0.4, 0.5) is 5.69 Å². The van der Waals surface area contributed by atoms with Crippen molar-refractivity contribution in [3.8, 4) is 0 Å². The van der Waals surface area contributed by atoms with Gasteiger partial charge in [-0.15, -0.1) is 0 Å². The van der Waals surface area contributed by atoms with Crippen LogP contribution >= 0.6 is 0 Å². The van der Waals surface area contributed by atoms with E-state index in [4.69, 9.17) is 5.73 Å². The topological polar surface area (TPSA) is 93.3 Å². The minimum absolute atomic E-state index is 0.0767. The predicted molar refractivity (Wildman–Crippen MR) is 95.0 cm³/mol. The van der Waals surface area contributed by atoms with Gasteiger partial charge in [0.1, 0.15) is 0 Å². The summed E-state index contributed by atoms with van der Waals surface area (Å²) in [6, 6.07) is 8.03. The van der Waals surface area contributed by atoms with E-state index in [9.17, 15) is 9.59 Å². The van der Waals surface area contributed by atoms with Crippen LogP contribution < -0.4 is 16.0 Å². The van der Waals surface area contributed by atoms with Crippen LogP contribution in [-0.2, 0) is 18.4 Å². The molecule has 1 atom stereocenters. The highest BCUT2D eigenvalue weighted by atomic mass is 16.2. The molecule has 1 aromatic carbocycles. The molecule has 0 spiro atoms. The number of piperidine rings is 1. The molecule has 1 fully saturated rings. The molecule has 0 aliphatic carbocycles. The Bertz CT molecular complexity index is 753. The van der Waals surface area contributed by atoms with Crippen molar-refractivity contribution in [2.45, 2.75) is 19.4 Å². The molecule has 1 aliphatic heterocycles. The van der Waals surface area contributed by atoms with Crippen LogP contribution in [-0.4, -0.2) is 34.7 Å². The van der Waals surface area contributed by atoms with E-state index in [1.54, 1.807) is 24.1 Å². The summed E-state index contributed by atoms with van der Waals surface area (Å²) in [6.07, 6.45) is 5.06. The third-order valence-electron chi connectivity index (χ3n) is 4.55. The molecule has 25 heavy (non-hydrogen) atoms. The third kappa shape index (κ3) is 4.17. The van der Waals surface area contributed by atoms with E-state index in [1.165, 1.54) is 0 Å². The zero-order valence-corrected chi connectivity index (χ0v) is 14.3. The summed E-state index contributed by atoms with van der Waals surface area (Å²) < 4.78 is 1.60. The number of benzene rings is 1. The second-order valence-corrected chi connectivity index (χ2v) is 6.44. The van der Waals surface area contributed by atoms with Crippen LogP contribution in [0, 0.1) is 5.92 Å². The van der Waals surface area contributed by atoms with Gasteiger partial charge in [0.2, 0.25) is 5.91 Å². The minimum Gasteiger partial charge on any atom is -0.371 e. The summed E-state index contributed by atoms with van der Waals surface area (Å²) in [5.74, 6) is -0.441.